The van der Waals surface area contributed by atoms with Gasteiger partial charge in [0, 0.05) is 31.7 Å². The van der Waals surface area contributed by atoms with Crippen LogP contribution >= 0.6 is 11.6 Å². The van der Waals surface area contributed by atoms with Crippen molar-refractivity contribution in [1.82, 2.24) is 9.80 Å². The third kappa shape index (κ3) is 5.09. The number of nitrogens with zero attached hydrogens (tertiary/aromatic N) is 2. The first kappa shape index (κ1) is 22.1. The molecule has 0 bridgehead atoms. The van der Waals surface area contributed by atoms with Crippen molar-refractivity contribution in [3.63, 3.8) is 0 Å². The van der Waals surface area contributed by atoms with Gasteiger partial charge in [0.1, 0.15) is 11.4 Å². The standard InChI is InChI=1S/C22H24ClFN2O4/c1-14-11-26(15(2)10-25(14)12-16-6-8-17(24)9-7-16)20(27)13-30-21-18(22(28)29)4-3-5-19(21)23/h3-9,14-15H,10-13H2,1-2H3,(H,28,29)/t14-,15+/m1/s1. The average molecular weight is 435 g/mol. The first-order chi connectivity index (χ1) is 14.3. The van der Waals surface area contributed by atoms with Crippen LogP contribution in [0.25, 0.3) is 0 Å². The Hall–Kier alpha value is -2.64. The Morgan fingerprint density at radius 1 is 1.13 bits per heavy atom. The molecule has 1 aliphatic rings. The molecule has 1 N–H and O–H groups in total. The van der Waals surface area contributed by atoms with Gasteiger partial charge in [0.15, 0.2) is 12.4 Å². The van der Waals surface area contributed by atoms with Crippen LogP contribution in [0.3, 0.4) is 0 Å². The van der Waals surface area contributed by atoms with Gasteiger partial charge in [-0.1, -0.05) is 29.8 Å². The van der Waals surface area contributed by atoms with Gasteiger partial charge >= 0.3 is 5.97 Å². The first-order valence-corrected chi connectivity index (χ1v) is 10.1. The van der Waals surface area contributed by atoms with Gasteiger partial charge in [-0.15, -0.1) is 0 Å². The van der Waals surface area contributed by atoms with Crippen LogP contribution in [0.5, 0.6) is 5.75 Å². The Kier molecular flexibility index (Phi) is 6.95. The van der Waals surface area contributed by atoms with Gasteiger partial charge in [0.05, 0.1) is 5.02 Å². The molecule has 1 heterocycles. The van der Waals surface area contributed by atoms with Crippen LogP contribution in [0.1, 0.15) is 29.8 Å². The summed E-state index contributed by atoms with van der Waals surface area (Å²) >= 11 is 6.06. The lowest BCUT2D eigenvalue weighted by Gasteiger charge is -2.44. The van der Waals surface area contributed by atoms with E-state index >= 15 is 0 Å². The van der Waals surface area contributed by atoms with Crippen LogP contribution in [0, 0.1) is 5.82 Å². The summed E-state index contributed by atoms with van der Waals surface area (Å²) in [5.74, 6) is -1.67. The summed E-state index contributed by atoms with van der Waals surface area (Å²) in [6.07, 6.45) is 0. The van der Waals surface area contributed by atoms with E-state index in [0.29, 0.717) is 19.6 Å². The molecule has 0 spiro atoms. The molecule has 3 rings (SSSR count). The van der Waals surface area contributed by atoms with Gasteiger partial charge in [0.25, 0.3) is 5.91 Å². The molecule has 1 amide bonds. The number of benzene rings is 2. The normalized spacial score (nSPS) is 19.5. The van der Waals surface area contributed by atoms with Crippen molar-refractivity contribution in [3.05, 3.63) is 64.4 Å². The molecule has 8 heteroatoms. The molecule has 30 heavy (non-hydrogen) atoms. The summed E-state index contributed by atoms with van der Waals surface area (Å²) in [4.78, 5) is 28.1. The van der Waals surface area contributed by atoms with Crippen molar-refractivity contribution < 1.29 is 23.8 Å². The largest absolute Gasteiger partial charge is 0.481 e. The molecule has 0 unspecified atom stereocenters. The Labute approximate surface area is 179 Å². The van der Waals surface area contributed by atoms with Crippen LogP contribution in [0.15, 0.2) is 42.5 Å². The number of piperazine rings is 1. The number of carboxylic acids is 1. The van der Waals surface area contributed by atoms with Crippen molar-refractivity contribution in [2.75, 3.05) is 19.7 Å². The maximum atomic E-state index is 13.1. The van der Waals surface area contributed by atoms with Gasteiger partial charge in [-0.2, -0.15) is 0 Å². The highest BCUT2D eigenvalue weighted by atomic mass is 35.5. The fourth-order valence-corrected chi connectivity index (χ4v) is 3.86. The number of carbonyl (C=O) groups is 2. The van der Waals surface area contributed by atoms with Gasteiger partial charge in [-0.3, -0.25) is 9.69 Å². The van der Waals surface area contributed by atoms with Crippen molar-refractivity contribution in [3.8, 4) is 5.75 Å². The maximum Gasteiger partial charge on any atom is 0.339 e. The molecule has 160 valence electrons. The van der Waals surface area contributed by atoms with Crippen molar-refractivity contribution >= 4 is 23.5 Å². The highest BCUT2D eigenvalue weighted by molar-refractivity contribution is 6.32. The Balaban J connectivity index is 1.62. The number of amides is 1. The van der Waals surface area contributed by atoms with E-state index in [1.54, 1.807) is 17.0 Å². The molecule has 2 atom stereocenters. The predicted molar refractivity (Wildman–Crippen MR) is 111 cm³/mol. The number of carboxylic acid groups (broad SMARTS) is 1. The van der Waals surface area contributed by atoms with Gasteiger partial charge in [0.2, 0.25) is 0 Å². The van der Waals surface area contributed by atoms with E-state index < -0.39 is 5.97 Å². The highest BCUT2D eigenvalue weighted by Gasteiger charge is 2.32. The number of ether oxygens (including phenoxy) is 1. The second-order valence-corrected chi connectivity index (χ2v) is 7.92. The number of halogens is 2. The predicted octanol–water partition coefficient (Wildman–Crippen LogP) is 3.68. The highest BCUT2D eigenvalue weighted by Crippen LogP contribution is 2.29. The first-order valence-electron chi connectivity index (χ1n) is 9.68. The summed E-state index contributed by atoms with van der Waals surface area (Å²) in [5, 5.41) is 9.43. The fraction of sp³-hybridized carbons (Fsp3) is 0.364. The number of aromatic carboxylic acids is 1. The van der Waals surface area contributed by atoms with E-state index in [1.807, 2.05) is 13.8 Å². The molecule has 0 saturated carbocycles. The second-order valence-electron chi connectivity index (χ2n) is 7.51. The van der Waals surface area contributed by atoms with E-state index in [4.69, 9.17) is 16.3 Å². The lowest BCUT2D eigenvalue weighted by molar-refractivity contribution is -0.139. The molecule has 2 aromatic rings. The number of para-hydroxylation sites is 1. The van der Waals surface area contributed by atoms with E-state index in [9.17, 15) is 19.1 Å². The van der Waals surface area contributed by atoms with Gasteiger partial charge in [-0.25, -0.2) is 9.18 Å². The summed E-state index contributed by atoms with van der Waals surface area (Å²) in [7, 11) is 0. The quantitative estimate of drug-likeness (QED) is 0.751. The minimum absolute atomic E-state index is 0.00401. The smallest absolute Gasteiger partial charge is 0.339 e. The average Bonchev–Trinajstić information content (AvgIpc) is 2.70. The molecular formula is C22H24ClFN2O4. The van der Waals surface area contributed by atoms with E-state index in [-0.39, 0.29) is 46.8 Å². The van der Waals surface area contributed by atoms with Crippen molar-refractivity contribution in [2.45, 2.75) is 32.5 Å². The SMILES string of the molecule is C[C@@H]1CN(C(=O)COc2c(Cl)cccc2C(=O)O)[C@@H](C)CN1Cc1ccc(F)cc1. The van der Waals surface area contributed by atoms with Gasteiger partial charge in [-0.05, 0) is 43.7 Å². The molecule has 1 fully saturated rings. The lowest BCUT2D eigenvalue weighted by atomic mass is 10.1. The number of rotatable bonds is 6. The summed E-state index contributed by atoms with van der Waals surface area (Å²) in [5.41, 5.74) is 0.930. The monoisotopic (exact) mass is 434 g/mol. The zero-order valence-electron chi connectivity index (χ0n) is 16.8. The van der Waals surface area contributed by atoms with E-state index in [2.05, 4.69) is 4.90 Å². The zero-order valence-corrected chi connectivity index (χ0v) is 17.6. The van der Waals surface area contributed by atoms with E-state index in [0.717, 1.165) is 5.56 Å². The fourth-order valence-electron chi connectivity index (χ4n) is 3.63. The molecule has 0 aliphatic carbocycles. The maximum absolute atomic E-state index is 13.1. The molecule has 2 aromatic carbocycles. The summed E-state index contributed by atoms with van der Waals surface area (Å²) < 4.78 is 18.6. The minimum atomic E-state index is -1.17. The molecule has 1 saturated heterocycles. The third-order valence-electron chi connectivity index (χ3n) is 5.27. The third-order valence-corrected chi connectivity index (χ3v) is 5.57. The number of hydrogen-bond donors (Lipinski definition) is 1. The molecule has 0 aromatic heterocycles. The molecular weight excluding hydrogens is 411 g/mol. The van der Waals surface area contributed by atoms with Crippen LogP contribution in [-0.2, 0) is 11.3 Å². The second kappa shape index (κ2) is 9.45. The number of hydrogen-bond acceptors (Lipinski definition) is 4. The number of carbonyl (C=O) groups excluding carboxylic acids is 1. The lowest BCUT2D eigenvalue weighted by Crippen LogP contribution is -2.58. The van der Waals surface area contributed by atoms with Crippen LogP contribution in [0.4, 0.5) is 4.39 Å². The molecule has 6 nitrogen and oxygen atoms in total. The Morgan fingerprint density at radius 2 is 1.83 bits per heavy atom. The Bertz CT molecular complexity index is 922. The van der Waals surface area contributed by atoms with E-state index in [1.165, 1.54) is 30.3 Å². The Morgan fingerprint density at radius 3 is 2.50 bits per heavy atom. The summed E-state index contributed by atoms with van der Waals surface area (Å²) in [6.45, 7) is 5.55. The minimum Gasteiger partial charge on any atom is -0.481 e. The molecule has 1 aliphatic heterocycles. The van der Waals surface area contributed by atoms with Crippen LogP contribution < -0.4 is 4.74 Å². The topological polar surface area (TPSA) is 70.1 Å². The van der Waals surface area contributed by atoms with Crippen LogP contribution in [-0.4, -0.2) is 58.6 Å². The van der Waals surface area contributed by atoms with Crippen LogP contribution in [0.2, 0.25) is 5.02 Å². The zero-order chi connectivity index (χ0) is 21.8. The van der Waals surface area contributed by atoms with Crippen molar-refractivity contribution in [2.24, 2.45) is 0 Å². The van der Waals surface area contributed by atoms with Crippen molar-refractivity contribution in [1.29, 1.82) is 0 Å². The summed E-state index contributed by atoms with van der Waals surface area (Å²) in [6, 6.07) is 10.9. The molecule has 0 radical (unpaired) electrons. The van der Waals surface area contributed by atoms with Gasteiger partial charge < -0.3 is 14.7 Å².